The van der Waals surface area contributed by atoms with Crippen molar-refractivity contribution in [1.29, 1.82) is 0 Å². The topological polar surface area (TPSA) is 70.3 Å². The van der Waals surface area contributed by atoms with Crippen LogP contribution in [0.4, 0.5) is 0 Å². The molecule has 19 heavy (non-hydrogen) atoms. The summed E-state index contributed by atoms with van der Waals surface area (Å²) in [6.45, 7) is 1.64. The highest BCUT2D eigenvalue weighted by atomic mass is 32.2. The first-order valence-corrected chi connectivity index (χ1v) is 6.75. The lowest BCUT2D eigenvalue weighted by Gasteiger charge is -2.18. The van der Waals surface area contributed by atoms with Gasteiger partial charge < -0.3 is 15.2 Å². The first kappa shape index (κ1) is 12.3. The molecular formula is C13H13N3O2S. The van der Waals surface area contributed by atoms with Gasteiger partial charge in [0.05, 0.1) is 0 Å². The van der Waals surface area contributed by atoms with Gasteiger partial charge in [0.1, 0.15) is 13.2 Å². The standard InChI is InChI=1S/C13H13N3O2S/c14-6-9-7-15-13(16-8-9)19-10-1-2-11-12(5-10)18-4-3-17-11/h1-2,5,7-8H,3-4,6,14H2. The molecule has 0 aliphatic carbocycles. The van der Waals surface area contributed by atoms with E-state index in [1.54, 1.807) is 12.4 Å². The molecular weight excluding hydrogens is 262 g/mol. The van der Waals surface area contributed by atoms with E-state index in [1.807, 2.05) is 18.2 Å². The number of hydrogen-bond acceptors (Lipinski definition) is 6. The summed E-state index contributed by atoms with van der Waals surface area (Å²) in [6.07, 6.45) is 3.49. The minimum Gasteiger partial charge on any atom is -0.486 e. The van der Waals surface area contributed by atoms with Crippen molar-refractivity contribution in [2.24, 2.45) is 5.73 Å². The van der Waals surface area contributed by atoms with Gasteiger partial charge in [-0.1, -0.05) is 0 Å². The average Bonchev–Trinajstić information content (AvgIpc) is 2.48. The maximum absolute atomic E-state index is 5.54. The van der Waals surface area contributed by atoms with E-state index in [-0.39, 0.29) is 0 Å². The molecule has 6 heteroatoms. The molecule has 0 atom stereocenters. The summed E-state index contributed by atoms with van der Waals surface area (Å²) in [5.74, 6) is 1.56. The van der Waals surface area contributed by atoms with Gasteiger partial charge in [-0.05, 0) is 30.0 Å². The molecule has 98 valence electrons. The Morgan fingerprint density at radius 3 is 2.58 bits per heavy atom. The van der Waals surface area contributed by atoms with Crippen molar-refractivity contribution in [3.63, 3.8) is 0 Å². The first-order chi connectivity index (χ1) is 9.35. The molecule has 2 heterocycles. The van der Waals surface area contributed by atoms with Crippen LogP contribution in [0.25, 0.3) is 0 Å². The van der Waals surface area contributed by atoms with Crippen LogP contribution >= 0.6 is 11.8 Å². The first-order valence-electron chi connectivity index (χ1n) is 5.93. The van der Waals surface area contributed by atoms with Crippen molar-refractivity contribution in [3.05, 3.63) is 36.2 Å². The zero-order valence-electron chi connectivity index (χ0n) is 10.2. The average molecular weight is 275 g/mol. The molecule has 0 radical (unpaired) electrons. The van der Waals surface area contributed by atoms with E-state index in [1.165, 1.54) is 11.8 Å². The number of aromatic nitrogens is 2. The molecule has 1 aromatic carbocycles. The van der Waals surface area contributed by atoms with Crippen molar-refractivity contribution in [2.45, 2.75) is 16.6 Å². The molecule has 3 rings (SSSR count). The van der Waals surface area contributed by atoms with Crippen molar-refractivity contribution in [3.8, 4) is 11.5 Å². The number of benzene rings is 1. The van der Waals surface area contributed by atoms with Gasteiger partial charge in [-0.15, -0.1) is 0 Å². The summed E-state index contributed by atoms with van der Waals surface area (Å²) in [4.78, 5) is 9.53. The molecule has 0 saturated carbocycles. The third kappa shape index (κ3) is 2.80. The highest BCUT2D eigenvalue weighted by molar-refractivity contribution is 7.99. The lowest BCUT2D eigenvalue weighted by molar-refractivity contribution is 0.171. The largest absolute Gasteiger partial charge is 0.486 e. The van der Waals surface area contributed by atoms with Crippen LogP contribution in [0.2, 0.25) is 0 Å². The SMILES string of the molecule is NCc1cnc(Sc2ccc3c(c2)OCCO3)nc1. The highest BCUT2D eigenvalue weighted by Crippen LogP contribution is 2.35. The Labute approximate surface area is 115 Å². The monoisotopic (exact) mass is 275 g/mol. The van der Waals surface area contributed by atoms with Crippen molar-refractivity contribution in [2.75, 3.05) is 13.2 Å². The summed E-state index contributed by atoms with van der Waals surface area (Å²) in [6, 6.07) is 5.82. The zero-order valence-corrected chi connectivity index (χ0v) is 11.0. The molecule has 0 fully saturated rings. The minimum atomic E-state index is 0.453. The molecule has 0 unspecified atom stereocenters. The van der Waals surface area contributed by atoms with Crippen LogP contribution in [0, 0.1) is 0 Å². The number of nitrogens with two attached hydrogens (primary N) is 1. The predicted molar refractivity (Wildman–Crippen MR) is 71.5 cm³/mol. The van der Waals surface area contributed by atoms with E-state index in [4.69, 9.17) is 15.2 Å². The summed E-state index contributed by atoms with van der Waals surface area (Å²) in [7, 11) is 0. The van der Waals surface area contributed by atoms with E-state index in [0.29, 0.717) is 24.9 Å². The highest BCUT2D eigenvalue weighted by Gasteiger charge is 2.12. The second kappa shape index (κ2) is 5.46. The third-order valence-corrected chi connectivity index (χ3v) is 3.52. The fraction of sp³-hybridized carbons (Fsp3) is 0.231. The lowest BCUT2D eigenvalue weighted by atomic mass is 10.3. The van der Waals surface area contributed by atoms with E-state index in [2.05, 4.69) is 9.97 Å². The van der Waals surface area contributed by atoms with Crippen LogP contribution in [-0.2, 0) is 6.54 Å². The molecule has 2 aromatic rings. The second-order valence-corrected chi connectivity index (χ2v) is 5.03. The van der Waals surface area contributed by atoms with Gasteiger partial charge in [-0.2, -0.15) is 0 Å². The quantitative estimate of drug-likeness (QED) is 0.862. The van der Waals surface area contributed by atoms with Crippen LogP contribution < -0.4 is 15.2 Å². The van der Waals surface area contributed by atoms with Crippen LogP contribution in [0.3, 0.4) is 0 Å². The smallest absolute Gasteiger partial charge is 0.192 e. The van der Waals surface area contributed by atoms with E-state index >= 15 is 0 Å². The Hall–Kier alpha value is -1.79. The fourth-order valence-electron chi connectivity index (χ4n) is 1.69. The summed E-state index contributed by atoms with van der Waals surface area (Å²) < 4.78 is 11.0. The van der Waals surface area contributed by atoms with Gasteiger partial charge in [0, 0.05) is 29.4 Å². The summed E-state index contributed by atoms with van der Waals surface area (Å²) >= 11 is 1.48. The zero-order chi connectivity index (χ0) is 13.1. The Balaban J connectivity index is 1.78. The van der Waals surface area contributed by atoms with Gasteiger partial charge in [0.2, 0.25) is 0 Å². The molecule has 1 aliphatic heterocycles. The maximum Gasteiger partial charge on any atom is 0.192 e. The number of rotatable bonds is 3. The second-order valence-electron chi connectivity index (χ2n) is 3.99. The number of ether oxygens (including phenoxy) is 2. The Morgan fingerprint density at radius 1 is 1.11 bits per heavy atom. The Morgan fingerprint density at radius 2 is 1.84 bits per heavy atom. The number of fused-ring (bicyclic) bond motifs is 1. The van der Waals surface area contributed by atoms with Crippen molar-refractivity contribution in [1.82, 2.24) is 9.97 Å². The maximum atomic E-state index is 5.54. The van der Waals surface area contributed by atoms with Crippen molar-refractivity contribution >= 4 is 11.8 Å². The molecule has 1 aliphatic rings. The summed E-state index contributed by atoms with van der Waals surface area (Å²) in [5, 5.41) is 0.689. The predicted octanol–water partition coefficient (Wildman–Crippen LogP) is 1.86. The molecule has 1 aromatic heterocycles. The number of hydrogen-bond donors (Lipinski definition) is 1. The molecule has 2 N–H and O–H groups in total. The van der Waals surface area contributed by atoms with E-state index in [9.17, 15) is 0 Å². The third-order valence-electron chi connectivity index (χ3n) is 2.64. The Kier molecular flexibility index (Phi) is 3.52. The van der Waals surface area contributed by atoms with Gasteiger partial charge in [0.15, 0.2) is 16.7 Å². The van der Waals surface area contributed by atoms with E-state index in [0.717, 1.165) is 22.0 Å². The minimum absolute atomic E-state index is 0.453. The fourth-order valence-corrected chi connectivity index (χ4v) is 2.42. The lowest BCUT2D eigenvalue weighted by Crippen LogP contribution is -2.15. The molecule has 0 saturated heterocycles. The summed E-state index contributed by atoms with van der Waals surface area (Å²) in [5.41, 5.74) is 6.43. The van der Waals surface area contributed by atoms with Crippen molar-refractivity contribution < 1.29 is 9.47 Å². The van der Waals surface area contributed by atoms with Crippen LogP contribution in [-0.4, -0.2) is 23.2 Å². The molecule has 0 spiro atoms. The Bertz CT molecular complexity index is 575. The van der Waals surface area contributed by atoms with Crippen LogP contribution in [0.1, 0.15) is 5.56 Å². The normalized spacial score (nSPS) is 13.3. The van der Waals surface area contributed by atoms with Gasteiger partial charge in [-0.25, -0.2) is 9.97 Å². The van der Waals surface area contributed by atoms with Crippen LogP contribution in [0.5, 0.6) is 11.5 Å². The molecule has 0 amide bonds. The number of nitrogens with zero attached hydrogens (tertiary/aromatic N) is 2. The van der Waals surface area contributed by atoms with Crippen LogP contribution in [0.15, 0.2) is 40.6 Å². The van der Waals surface area contributed by atoms with Gasteiger partial charge in [-0.3, -0.25) is 0 Å². The van der Waals surface area contributed by atoms with Gasteiger partial charge >= 0.3 is 0 Å². The molecule has 0 bridgehead atoms. The molecule has 5 nitrogen and oxygen atoms in total. The van der Waals surface area contributed by atoms with Gasteiger partial charge in [0.25, 0.3) is 0 Å². The van der Waals surface area contributed by atoms with E-state index < -0.39 is 0 Å².